The second kappa shape index (κ2) is 5.15. The van der Waals surface area contributed by atoms with E-state index in [0.717, 1.165) is 6.42 Å². The molecule has 5 nitrogen and oxygen atoms in total. The van der Waals surface area contributed by atoms with Crippen LogP contribution in [0.4, 0.5) is 5.82 Å². The van der Waals surface area contributed by atoms with Crippen LogP contribution in [0.1, 0.15) is 48.3 Å². The molecule has 3 unspecified atom stereocenters. The molecule has 19 heavy (non-hydrogen) atoms. The maximum absolute atomic E-state index is 11.4. The molecule has 1 heterocycles. The molecule has 0 radical (unpaired) electrons. The maximum atomic E-state index is 11.4. The number of aromatic nitrogens is 2. The molecule has 5 heteroatoms. The van der Waals surface area contributed by atoms with E-state index in [4.69, 9.17) is 0 Å². The normalized spacial score (nSPS) is 26.4. The Morgan fingerprint density at radius 1 is 1.26 bits per heavy atom. The second-order valence-electron chi connectivity index (χ2n) is 5.60. The minimum absolute atomic E-state index is 0.249. The Bertz CT molecular complexity index is 502. The molecule has 0 aromatic carbocycles. The second-order valence-corrected chi connectivity index (χ2v) is 5.60. The molecule has 1 aliphatic carbocycles. The topological polar surface area (TPSA) is 75.1 Å². The summed E-state index contributed by atoms with van der Waals surface area (Å²) in [6.07, 6.45) is 2.22. The molecule has 2 rings (SSSR count). The number of hydrogen-bond acceptors (Lipinski definition) is 4. The molecule has 1 saturated carbocycles. The number of aryl methyl sites for hydroxylation is 1. The van der Waals surface area contributed by atoms with Crippen LogP contribution in [0.2, 0.25) is 0 Å². The van der Waals surface area contributed by atoms with Crippen molar-refractivity contribution >= 4 is 11.8 Å². The Balaban J connectivity index is 2.30. The number of anilines is 1. The van der Waals surface area contributed by atoms with Gasteiger partial charge in [0.2, 0.25) is 0 Å². The average molecular weight is 263 g/mol. The lowest BCUT2D eigenvalue weighted by Gasteiger charge is -2.21. The highest BCUT2D eigenvalue weighted by atomic mass is 16.4. The van der Waals surface area contributed by atoms with Crippen molar-refractivity contribution in [1.29, 1.82) is 0 Å². The van der Waals surface area contributed by atoms with Crippen LogP contribution >= 0.6 is 0 Å². The first-order valence-electron chi connectivity index (χ1n) is 6.75. The molecule has 1 aliphatic rings. The van der Waals surface area contributed by atoms with Gasteiger partial charge in [-0.2, -0.15) is 5.10 Å². The molecule has 0 spiro atoms. The molecule has 1 fully saturated rings. The SMILES string of the molecule is Cc1nnc(NC2CCC(C)C2C)c(C(=O)O)c1C. The number of carboxylic acids is 1. The smallest absolute Gasteiger partial charge is 0.339 e. The van der Waals surface area contributed by atoms with Gasteiger partial charge in [0, 0.05) is 6.04 Å². The fourth-order valence-electron chi connectivity index (χ4n) is 2.72. The van der Waals surface area contributed by atoms with Crippen molar-refractivity contribution in [2.75, 3.05) is 5.32 Å². The molecule has 0 amide bonds. The lowest BCUT2D eigenvalue weighted by Crippen LogP contribution is -2.26. The molecular weight excluding hydrogens is 242 g/mol. The molecule has 0 bridgehead atoms. The zero-order valence-corrected chi connectivity index (χ0v) is 11.9. The van der Waals surface area contributed by atoms with E-state index in [1.165, 1.54) is 6.42 Å². The van der Waals surface area contributed by atoms with E-state index in [-0.39, 0.29) is 11.6 Å². The van der Waals surface area contributed by atoms with Crippen LogP contribution in [-0.4, -0.2) is 27.3 Å². The van der Waals surface area contributed by atoms with Gasteiger partial charge in [-0.3, -0.25) is 0 Å². The molecular formula is C14H21N3O2. The van der Waals surface area contributed by atoms with Crippen molar-refractivity contribution in [3.63, 3.8) is 0 Å². The van der Waals surface area contributed by atoms with Crippen LogP contribution in [0.3, 0.4) is 0 Å². The monoisotopic (exact) mass is 263 g/mol. The average Bonchev–Trinajstić information content (AvgIpc) is 2.65. The first kappa shape index (κ1) is 13.8. The van der Waals surface area contributed by atoms with Gasteiger partial charge >= 0.3 is 5.97 Å². The van der Waals surface area contributed by atoms with E-state index in [1.54, 1.807) is 13.8 Å². The van der Waals surface area contributed by atoms with Gasteiger partial charge in [0.1, 0.15) is 5.56 Å². The maximum Gasteiger partial charge on any atom is 0.339 e. The van der Waals surface area contributed by atoms with Crippen LogP contribution in [0, 0.1) is 25.7 Å². The van der Waals surface area contributed by atoms with Crippen LogP contribution in [0.25, 0.3) is 0 Å². The third-order valence-electron chi connectivity index (χ3n) is 4.46. The Morgan fingerprint density at radius 3 is 2.47 bits per heavy atom. The number of hydrogen-bond donors (Lipinski definition) is 2. The largest absolute Gasteiger partial charge is 0.478 e. The van der Waals surface area contributed by atoms with Crippen LogP contribution in [-0.2, 0) is 0 Å². The van der Waals surface area contributed by atoms with Gasteiger partial charge in [-0.1, -0.05) is 13.8 Å². The zero-order valence-electron chi connectivity index (χ0n) is 11.9. The Kier molecular flexibility index (Phi) is 3.73. The molecule has 0 saturated heterocycles. The van der Waals surface area contributed by atoms with Gasteiger partial charge in [-0.05, 0) is 44.1 Å². The predicted octanol–water partition coefficient (Wildman–Crippen LogP) is 2.64. The van der Waals surface area contributed by atoms with E-state index in [2.05, 4.69) is 29.4 Å². The van der Waals surface area contributed by atoms with Gasteiger partial charge < -0.3 is 10.4 Å². The quantitative estimate of drug-likeness (QED) is 0.876. The Labute approximate surface area is 113 Å². The molecule has 0 aliphatic heterocycles. The molecule has 1 aromatic rings. The third-order valence-corrected chi connectivity index (χ3v) is 4.46. The predicted molar refractivity (Wildman–Crippen MR) is 73.4 cm³/mol. The summed E-state index contributed by atoms with van der Waals surface area (Å²) < 4.78 is 0. The minimum atomic E-state index is -0.948. The summed E-state index contributed by atoms with van der Waals surface area (Å²) in [6, 6.07) is 0.282. The van der Waals surface area contributed by atoms with Gasteiger partial charge in [0.15, 0.2) is 5.82 Å². The molecule has 2 N–H and O–H groups in total. The lowest BCUT2D eigenvalue weighted by molar-refractivity contribution is 0.0696. The standard InChI is InChI=1S/C14H21N3O2/c1-7-5-6-11(8(7)2)15-13-12(14(18)19)9(3)10(4)16-17-13/h7-8,11H,5-6H2,1-4H3,(H,15,17)(H,18,19). The number of nitrogens with zero attached hydrogens (tertiary/aromatic N) is 2. The summed E-state index contributed by atoms with van der Waals surface area (Å²) in [6.45, 7) is 7.99. The molecule has 104 valence electrons. The van der Waals surface area contributed by atoms with E-state index in [9.17, 15) is 9.90 Å². The number of carboxylic acid groups (broad SMARTS) is 1. The first-order valence-corrected chi connectivity index (χ1v) is 6.75. The molecule has 3 atom stereocenters. The van der Waals surface area contributed by atoms with Gasteiger partial charge in [0.05, 0.1) is 5.69 Å². The number of rotatable bonds is 3. The number of carbonyl (C=O) groups is 1. The van der Waals surface area contributed by atoms with Crippen molar-refractivity contribution in [1.82, 2.24) is 10.2 Å². The Morgan fingerprint density at radius 2 is 1.95 bits per heavy atom. The third kappa shape index (κ3) is 2.55. The van der Waals surface area contributed by atoms with E-state index in [0.29, 0.717) is 28.9 Å². The van der Waals surface area contributed by atoms with Crippen molar-refractivity contribution in [3.05, 3.63) is 16.8 Å². The van der Waals surface area contributed by atoms with Gasteiger partial charge in [-0.15, -0.1) is 5.10 Å². The summed E-state index contributed by atoms with van der Waals surface area (Å²) in [5.74, 6) is 0.633. The Hall–Kier alpha value is -1.65. The summed E-state index contributed by atoms with van der Waals surface area (Å²) in [5, 5.41) is 20.7. The van der Waals surface area contributed by atoms with Crippen LogP contribution in [0.5, 0.6) is 0 Å². The summed E-state index contributed by atoms with van der Waals surface area (Å²) in [7, 11) is 0. The van der Waals surface area contributed by atoms with Crippen LogP contribution < -0.4 is 5.32 Å². The van der Waals surface area contributed by atoms with Crippen LogP contribution in [0.15, 0.2) is 0 Å². The van der Waals surface area contributed by atoms with E-state index < -0.39 is 5.97 Å². The molecule has 1 aromatic heterocycles. The van der Waals surface area contributed by atoms with Crippen molar-refractivity contribution in [3.8, 4) is 0 Å². The summed E-state index contributed by atoms with van der Waals surface area (Å²) >= 11 is 0. The van der Waals surface area contributed by atoms with E-state index >= 15 is 0 Å². The summed E-state index contributed by atoms with van der Waals surface area (Å²) in [5.41, 5.74) is 1.60. The van der Waals surface area contributed by atoms with Gasteiger partial charge in [0.25, 0.3) is 0 Å². The fraction of sp³-hybridized carbons (Fsp3) is 0.643. The highest BCUT2D eigenvalue weighted by Gasteiger charge is 2.31. The summed E-state index contributed by atoms with van der Waals surface area (Å²) in [4.78, 5) is 11.4. The van der Waals surface area contributed by atoms with Crippen molar-refractivity contribution < 1.29 is 9.90 Å². The first-order chi connectivity index (χ1) is 8.91. The van der Waals surface area contributed by atoms with Gasteiger partial charge in [-0.25, -0.2) is 4.79 Å². The highest BCUT2D eigenvalue weighted by molar-refractivity contribution is 5.94. The minimum Gasteiger partial charge on any atom is -0.478 e. The van der Waals surface area contributed by atoms with Crippen molar-refractivity contribution in [2.45, 2.75) is 46.6 Å². The number of aromatic carboxylic acids is 1. The number of nitrogens with one attached hydrogen (secondary N) is 1. The fourth-order valence-corrected chi connectivity index (χ4v) is 2.72. The zero-order chi connectivity index (χ0) is 14.2. The van der Waals surface area contributed by atoms with E-state index in [1.807, 2.05) is 0 Å². The van der Waals surface area contributed by atoms with Crippen molar-refractivity contribution in [2.24, 2.45) is 11.8 Å². The lowest BCUT2D eigenvalue weighted by atomic mass is 9.97. The highest BCUT2D eigenvalue weighted by Crippen LogP contribution is 2.33.